The van der Waals surface area contributed by atoms with E-state index in [-0.39, 0.29) is 11.8 Å². The van der Waals surface area contributed by atoms with Crippen LogP contribution in [0.2, 0.25) is 0 Å². The van der Waals surface area contributed by atoms with E-state index in [1.807, 2.05) is 13.8 Å². The van der Waals surface area contributed by atoms with E-state index in [9.17, 15) is 9.59 Å². The molecule has 1 aliphatic heterocycles. The first kappa shape index (κ1) is 22.0. The van der Waals surface area contributed by atoms with Crippen LogP contribution in [0, 0.1) is 5.92 Å². The maximum Gasteiger partial charge on any atom is 0.407 e. The van der Waals surface area contributed by atoms with Crippen LogP contribution >= 0.6 is 0 Å². The molecule has 3 N–H and O–H groups in total. The average molecular weight is 392 g/mol. The fourth-order valence-corrected chi connectivity index (χ4v) is 3.09. The molecule has 0 spiro atoms. The minimum Gasteiger partial charge on any atom is -0.453 e. The van der Waals surface area contributed by atoms with E-state index in [4.69, 9.17) is 0 Å². The molecule has 2 atom stereocenters. The van der Waals surface area contributed by atoms with Crippen LogP contribution < -0.4 is 21.1 Å². The molecule has 2 amide bonds. The Bertz CT molecular complexity index is 629. The highest BCUT2D eigenvalue weighted by atomic mass is 16.5. The molecule has 0 aromatic heterocycles. The minimum atomic E-state index is -0.649. The van der Waals surface area contributed by atoms with Crippen LogP contribution in [0.25, 0.3) is 0 Å². The molecule has 2 rings (SSSR count). The van der Waals surface area contributed by atoms with Crippen molar-refractivity contribution >= 4 is 17.7 Å². The van der Waals surface area contributed by atoms with Gasteiger partial charge in [-0.1, -0.05) is 32.4 Å². The van der Waals surface area contributed by atoms with Gasteiger partial charge in [-0.15, -0.1) is 0 Å². The normalized spacial score (nSPS) is 16.9. The maximum absolute atomic E-state index is 12.4. The van der Waals surface area contributed by atoms with Crippen LogP contribution in [0.3, 0.4) is 0 Å². The SMILES string of the molecule is CCC(C)[C@H](NC(=O)OC)C(=O)NNCc1ccc(N2CCN(C)CC2)cc1. The Labute approximate surface area is 167 Å². The second-order valence-electron chi connectivity index (χ2n) is 7.30. The minimum absolute atomic E-state index is 0.0104. The van der Waals surface area contributed by atoms with Crippen molar-refractivity contribution < 1.29 is 14.3 Å². The third kappa shape index (κ3) is 6.38. The number of likely N-dealkylation sites (N-methyl/N-ethyl adjacent to an activating group) is 1. The molecule has 1 aromatic carbocycles. The summed E-state index contributed by atoms with van der Waals surface area (Å²) in [6.07, 6.45) is 0.149. The number of hydrogen-bond donors (Lipinski definition) is 3. The second kappa shape index (κ2) is 10.9. The quantitative estimate of drug-likeness (QED) is 0.580. The number of hydrazine groups is 1. The van der Waals surface area contributed by atoms with Gasteiger partial charge in [-0.3, -0.25) is 10.2 Å². The molecule has 1 aromatic rings. The van der Waals surface area contributed by atoms with Crippen molar-refractivity contribution in [3.05, 3.63) is 29.8 Å². The number of rotatable bonds is 8. The van der Waals surface area contributed by atoms with Crippen molar-refractivity contribution in [2.75, 3.05) is 45.2 Å². The molecule has 1 fully saturated rings. The number of anilines is 1. The van der Waals surface area contributed by atoms with Crippen LogP contribution in [0.15, 0.2) is 24.3 Å². The van der Waals surface area contributed by atoms with Gasteiger partial charge in [-0.25, -0.2) is 10.2 Å². The van der Waals surface area contributed by atoms with Gasteiger partial charge < -0.3 is 19.9 Å². The lowest BCUT2D eigenvalue weighted by Gasteiger charge is -2.34. The predicted octanol–water partition coefficient (Wildman–Crippen LogP) is 1.33. The van der Waals surface area contributed by atoms with Gasteiger partial charge in [0, 0.05) is 38.4 Å². The highest BCUT2D eigenvalue weighted by Gasteiger charge is 2.26. The summed E-state index contributed by atoms with van der Waals surface area (Å²) in [7, 11) is 3.43. The second-order valence-corrected chi connectivity index (χ2v) is 7.30. The average Bonchev–Trinajstić information content (AvgIpc) is 2.72. The number of ether oxygens (including phenoxy) is 1. The Morgan fingerprint density at radius 3 is 2.36 bits per heavy atom. The first-order valence-corrected chi connectivity index (χ1v) is 9.84. The molecular formula is C20H33N5O3. The third-order valence-corrected chi connectivity index (χ3v) is 5.26. The van der Waals surface area contributed by atoms with E-state index in [0.717, 1.165) is 38.2 Å². The smallest absolute Gasteiger partial charge is 0.407 e. The summed E-state index contributed by atoms with van der Waals surface area (Å²) in [6.45, 7) is 8.61. The topological polar surface area (TPSA) is 85.9 Å². The summed E-state index contributed by atoms with van der Waals surface area (Å²) in [5, 5.41) is 2.59. The lowest BCUT2D eigenvalue weighted by Crippen LogP contribution is -2.53. The monoisotopic (exact) mass is 391 g/mol. The summed E-state index contributed by atoms with van der Waals surface area (Å²) in [6, 6.07) is 7.71. The fraction of sp³-hybridized carbons (Fsp3) is 0.600. The molecule has 8 nitrogen and oxygen atoms in total. The van der Waals surface area contributed by atoms with E-state index in [2.05, 4.69) is 62.0 Å². The predicted molar refractivity (Wildman–Crippen MR) is 110 cm³/mol. The largest absolute Gasteiger partial charge is 0.453 e. The van der Waals surface area contributed by atoms with Gasteiger partial charge in [-0.05, 0) is 30.7 Å². The molecular weight excluding hydrogens is 358 g/mol. The summed E-state index contributed by atoms with van der Waals surface area (Å²) in [5.74, 6) is -0.294. The number of carbonyl (C=O) groups is 2. The highest BCUT2D eigenvalue weighted by Crippen LogP contribution is 2.17. The van der Waals surface area contributed by atoms with Crippen LogP contribution in [0.4, 0.5) is 10.5 Å². The van der Waals surface area contributed by atoms with E-state index < -0.39 is 12.1 Å². The van der Waals surface area contributed by atoms with Crippen molar-refractivity contribution in [2.45, 2.75) is 32.9 Å². The lowest BCUT2D eigenvalue weighted by atomic mass is 9.99. The van der Waals surface area contributed by atoms with E-state index in [0.29, 0.717) is 6.54 Å². The van der Waals surface area contributed by atoms with Crippen molar-refractivity contribution in [3.63, 3.8) is 0 Å². The van der Waals surface area contributed by atoms with E-state index in [1.54, 1.807) is 0 Å². The molecule has 156 valence electrons. The number of benzene rings is 1. The van der Waals surface area contributed by atoms with Gasteiger partial charge in [0.25, 0.3) is 5.91 Å². The Morgan fingerprint density at radius 1 is 1.14 bits per heavy atom. The fourth-order valence-electron chi connectivity index (χ4n) is 3.09. The molecule has 8 heteroatoms. The van der Waals surface area contributed by atoms with Crippen molar-refractivity contribution in [1.82, 2.24) is 21.1 Å². The molecule has 0 saturated carbocycles. The first-order valence-electron chi connectivity index (χ1n) is 9.84. The number of piperazine rings is 1. The number of methoxy groups -OCH3 is 1. The molecule has 0 radical (unpaired) electrons. The molecule has 1 unspecified atom stereocenters. The summed E-state index contributed by atoms with van der Waals surface area (Å²) < 4.78 is 4.61. The van der Waals surface area contributed by atoms with E-state index >= 15 is 0 Å². The highest BCUT2D eigenvalue weighted by molar-refractivity contribution is 5.85. The third-order valence-electron chi connectivity index (χ3n) is 5.26. The molecule has 1 heterocycles. The molecule has 0 aliphatic carbocycles. The van der Waals surface area contributed by atoms with Crippen LogP contribution in [0.1, 0.15) is 25.8 Å². The number of carbonyl (C=O) groups excluding carboxylic acids is 2. The van der Waals surface area contributed by atoms with Gasteiger partial charge in [0.05, 0.1) is 7.11 Å². The first-order chi connectivity index (χ1) is 13.4. The number of nitrogens with one attached hydrogen (secondary N) is 3. The standard InChI is InChI=1S/C20H33N5O3/c1-5-15(2)18(22-20(27)28-4)19(26)23-21-14-16-6-8-17(9-7-16)25-12-10-24(3)11-13-25/h6-9,15,18,21H,5,10-14H2,1-4H3,(H,22,27)(H,23,26)/t15?,18-/m0/s1. The number of hydrogen-bond acceptors (Lipinski definition) is 6. The Morgan fingerprint density at radius 2 is 1.79 bits per heavy atom. The van der Waals surface area contributed by atoms with Gasteiger partial charge in [0.1, 0.15) is 6.04 Å². The number of alkyl carbamates (subject to hydrolysis) is 1. The lowest BCUT2D eigenvalue weighted by molar-refractivity contribution is -0.125. The van der Waals surface area contributed by atoms with Crippen molar-refractivity contribution in [3.8, 4) is 0 Å². The Balaban J connectivity index is 1.82. The Kier molecular flexibility index (Phi) is 8.53. The molecule has 0 bridgehead atoms. The molecule has 1 saturated heterocycles. The van der Waals surface area contributed by atoms with E-state index in [1.165, 1.54) is 12.8 Å². The number of nitrogens with zero attached hydrogens (tertiary/aromatic N) is 2. The zero-order chi connectivity index (χ0) is 20.5. The zero-order valence-corrected chi connectivity index (χ0v) is 17.3. The maximum atomic E-state index is 12.4. The van der Waals surface area contributed by atoms with Crippen molar-refractivity contribution in [2.24, 2.45) is 5.92 Å². The van der Waals surface area contributed by atoms with Crippen LogP contribution in [-0.4, -0.2) is 63.3 Å². The molecule has 1 aliphatic rings. The summed E-state index contributed by atoms with van der Waals surface area (Å²) >= 11 is 0. The summed E-state index contributed by atoms with van der Waals surface area (Å²) in [4.78, 5) is 28.6. The van der Waals surface area contributed by atoms with Gasteiger partial charge >= 0.3 is 6.09 Å². The van der Waals surface area contributed by atoms with Gasteiger partial charge in [-0.2, -0.15) is 0 Å². The Hall–Kier alpha value is -2.32. The zero-order valence-electron chi connectivity index (χ0n) is 17.3. The molecule has 28 heavy (non-hydrogen) atoms. The number of amides is 2. The van der Waals surface area contributed by atoms with Crippen LogP contribution in [0.5, 0.6) is 0 Å². The van der Waals surface area contributed by atoms with Gasteiger partial charge in [0.2, 0.25) is 0 Å². The van der Waals surface area contributed by atoms with Crippen molar-refractivity contribution in [1.29, 1.82) is 0 Å². The summed E-state index contributed by atoms with van der Waals surface area (Å²) in [5.41, 5.74) is 7.92. The van der Waals surface area contributed by atoms with Crippen LogP contribution in [-0.2, 0) is 16.1 Å². The van der Waals surface area contributed by atoms with Gasteiger partial charge in [0.15, 0.2) is 0 Å².